The Labute approximate surface area is 173 Å². The van der Waals surface area contributed by atoms with Gasteiger partial charge in [-0.2, -0.15) is 0 Å². The molecular weight excluding hydrogens is 386 g/mol. The molecule has 2 N–H and O–H groups in total. The van der Waals surface area contributed by atoms with Crippen molar-refractivity contribution in [2.24, 2.45) is 5.41 Å². The number of carbonyl (C=O) groups excluding carboxylic acids is 3. The van der Waals surface area contributed by atoms with E-state index in [4.69, 9.17) is 4.74 Å². The molecule has 156 valence electrons. The maximum absolute atomic E-state index is 13.5. The highest BCUT2D eigenvalue weighted by atomic mass is 16.5. The van der Waals surface area contributed by atoms with Crippen LogP contribution >= 0.6 is 0 Å². The van der Waals surface area contributed by atoms with Gasteiger partial charge in [0.25, 0.3) is 11.6 Å². The molecule has 0 bridgehead atoms. The molecule has 30 heavy (non-hydrogen) atoms. The minimum Gasteiger partial charge on any atom is -0.426 e. The van der Waals surface area contributed by atoms with Crippen LogP contribution in [0, 0.1) is 5.41 Å². The van der Waals surface area contributed by atoms with E-state index in [1.807, 2.05) is 13.8 Å². The van der Waals surface area contributed by atoms with Crippen molar-refractivity contribution in [3.05, 3.63) is 29.8 Å². The number of hydrogen-bond donors (Lipinski definition) is 2. The van der Waals surface area contributed by atoms with E-state index >= 15 is 0 Å². The average Bonchev–Trinajstić information content (AvgIpc) is 3.24. The number of amides is 2. The van der Waals surface area contributed by atoms with Gasteiger partial charge in [-0.1, -0.05) is 0 Å². The predicted molar refractivity (Wildman–Crippen MR) is 106 cm³/mol. The van der Waals surface area contributed by atoms with Gasteiger partial charge in [0.1, 0.15) is 17.3 Å². The molecule has 3 heterocycles. The van der Waals surface area contributed by atoms with E-state index in [0.717, 1.165) is 16.7 Å². The van der Waals surface area contributed by atoms with Crippen molar-refractivity contribution < 1.29 is 29.1 Å². The monoisotopic (exact) mass is 410 g/mol. The van der Waals surface area contributed by atoms with Gasteiger partial charge in [-0.15, -0.1) is 0 Å². The van der Waals surface area contributed by atoms with Crippen LogP contribution in [0.15, 0.2) is 24.3 Å². The maximum atomic E-state index is 13.5. The summed E-state index contributed by atoms with van der Waals surface area (Å²) in [6.07, 6.45) is 3.65. The molecule has 2 atom stereocenters. The first kappa shape index (κ1) is 18.8. The fraction of sp³-hybridized carbons (Fsp3) is 0.455. The SMILES string of the molecule is CC(=O)Oc1ccc2c(c1)[N+](O)=C1C2=C[C@]2(CC1(C)C)NC(=O)[C@@H]1CCCN1C2=O. The van der Waals surface area contributed by atoms with E-state index < -0.39 is 16.9 Å². The van der Waals surface area contributed by atoms with Gasteiger partial charge in [-0.25, -0.2) is 0 Å². The molecule has 8 nitrogen and oxygen atoms in total. The number of rotatable bonds is 1. The van der Waals surface area contributed by atoms with E-state index in [-0.39, 0.29) is 17.9 Å². The Kier molecular flexibility index (Phi) is 3.73. The summed E-state index contributed by atoms with van der Waals surface area (Å²) in [5, 5.41) is 14.0. The number of esters is 1. The highest BCUT2D eigenvalue weighted by Crippen LogP contribution is 2.49. The lowest BCUT2D eigenvalue weighted by atomic mass is 9.66. The standard InChI is InChI=1S/C22H23N3O5/c1-12(26)30-13-6-7-14-15-10-22(11-21(2,3)18(15)25(29)17(14)9-13)20(28)24-8-4-5-16(24)19(27)23-22/h6-7,9-10,16H,4-5,8,11H2,1-3H3,(H-,23,27,29)/p+1/t16-,22+/m0/s1. The number of allylic oxidation sites excluding steroid dienone is 1. The van der Waals surface area contributed by atoms with Gasteiger partial charge in [0.15, 0.2) is 0 Å². The Balaban J connectivity index is 1.66. The van der Waals surface area contributed by atoms with Crippen LogP contribution in [0.5, 0.6) is 5.75 Å². The first-order valence-electron chi connectivity index (χ1n) is 10.2. The topological polar surface area (TPSA) is 99.0 Å². The first-order valence-corrected chi connectivity index (χ1v) is 10.2. The van der Waals surface area contributed by atoms with Crippen molar-refractivity contribution in [2.45, 2.75) is 51.6 Å². The fourth-order valence-corrected chi connectivity index (χ4v) is 5.49. The zero-order valence-electron chi connectivity index (χ0n) is 17.2. The van der Waals surface area contributed by atoms with E-state index in [9.17, 15) is 19.6 Å². The van der Waals surface area contributed by atoms with Crippen LogP contribution in [0.25, 0.3) is 5.57 Å². The summed E-state index contributed by atoms with van der Waals surface area (Å²) in [6.45, 7) is 5.81. The van der Waals surface area contributed by atoms with Gasteiger partial charge in [0.2, 0.25) is 11.6 Å². The summed E-state index contributed by atoms with van der Waals surface area (Å²) in [4.78, 5) is 39.3. The van der Waals surface area contributed by atoms with Gasteiger partial charge < -0.3 is 15.0 Å². The third kappa shape index (κ3) is 2.45. The number of nitrogens with zero attached hydrogens (tertiary/aromatic N) is 2. The van der Waals surface area contributed by atoms with Crippen molar-refractivity contribution >= 4 is 34.8 Å². The van der Waals surface area contributed by atoms with Crippen molar-refractivity contribution in [2.75, 3.05) is 6.54 Å². The van der Waals surface area contributed by atoms with Crippen LogP contribution in [0.3, 0.4) is 0 Å². The minimum absolute atomic E-state index is 0.0845. The molecule has 0 radical (unpaired) electrons. The van der Waals surface area contributed by atoms with Gasteiger partial charge in [0.05, 0.1) is 22.6 Å². The first-order chi connectivity index (χ1) is 14.1. The summed E-state index contributed by atoms with van der Waals surface area (Å²) in [5.74, 6) is -0.322. The number of piperazine rings is 1. The van der Waals surface area contributed by atoms with Gasteiger partial charge in [0, 0.05) is 18.2 Å². The number of ether oxygens (including phenoxy) is 1. The molecule has 2 fully saturated rings. The van der Waals surface area contributed by atoms with Crippen LogP contribution in [-0.2, 0) is 14.4 Å². The summed E-state index contributed by atoms with van der Waals surface area (Å²) in [7, 11) is 0. The molecule has 1 aliphatic carbocycles. The Morgan fingerprint density at radius 1 is 1.33 bits per heavy atom. The molecule has 5 rings (SSSR count). The molecule has 0 saturated carbocycles. The van der Waals surface area contributed by atoms with Crippen LogP contribution in [0.2, 0.25) is 0 Å². The molecule has 2 amide bonds. The molecule has 8 heteroatoms. The lowest BCUT2D eigenvalue weighted by Crippen LogP contribution is -2.70. The van der Waals surface area contributed by atoms with Crippen molar-refractivity contribution in [3.8, 4) is 5.75 Å². The molecule has 1 spiro atoms. The summed E-state index contributed by atoms with van der Waals surface area (Å²) >= 11 is 0. The third-order valence-electron chi connectivity index (χ3n) is 6.51. The zero-order chi connectivity index (χ0) is 21.4. The molecule has 0 unspecified atom stereocenters. The average molecular weight is 410 g/mol. The fourth-order valence-electron chi connectivity index (χ4n) is 5.49. The van der Waals surface area contributed by atoms with E-state index in [0.29, 0.717) is 42.1 Å². The Bertz CT molecular complexity index is 1090. The molecule has 3 aliphatic heterocycles. The molecule has 4 aliphatic rings. The second kappa shape index (κ2) is 5.93. The molecule has 1 aromatic rings. The quantitative estimate of drug-likeness (QED) is 0.318. The minimum atomic E-state index is -1.14. The lowest BCUT2D eigenvalue weighted by molar-refractivity contribution is -0.712. The van der Waals surface area contributed by atoms with Crippen LogP contribution in [0.1, 0.15) is 45.6 Å². The third-order valence-corrected chi connectivity index (χ3v) is 6.51. The van der Waals surface area contributed by atoms with Gasteiger partial charge in [-0.05, 0) is 51.3 Å². The Hall–Kier alpha value is -3.16. The lowest BCUT2D eigenvalue weighted by Gasteiger charge is -2.46. The van der Waals surface area contributed by atoms with Crippen molar-refractivity contribution in [1.82, 2.24) is 10.2 Å². The van der Waals surface area contributed by atoms with Crippen molar-refractivity contribution in [1.29, 1.82) is 0 Å². The highest BCUT2D eigenvalue weighted by molar-refractivity contribution is 6.29. The summed E-state index contributed by atoms with van der Waals surface area (Å²) in [5.41, 5.74) is 0.833. The van der Waals surface area contributed by atoms with Crippen LogP contribution in [0.4, 0.5) is 5.69 Å². The van der Waals surface area contributed by atoms with Crippen LogP contribution in [-0.4, -0.2) is 56.5 Å². The molecular formula is C22H24N3O5+. The molecule has 0 aromatic heterocycles. The second-order valence-electron chi connectivity index (χ2n) is 9.17. The maximum Gasteiger partial charge on any atom is 0.308 e. The van der Waals surface area contributed by atoms with Gasteiger partial charge >= 0.3 is 5.97 Å². The largest absolute Gasteiger partial charge is 0.426 e. The number of benzene rings is 1. The van der Waals surface area contributed by atoms with Gasteiger partial charge in [-0.3, -0.25) is 19.6 Å². The van der Waals surface area contributed by atoms with E-state index in [2.05, 4.69) is 5.32 Å². The smallest absolute Gasteiger partial charge is 0.308 e. The number of fused-ring (bicyclic) bond motifs is 4. The molecule has 1 aromatic carbocycles. The van der Waals surface area contributed by atoms with E-state index in [1.165, 1.54) is 6.92 Å². The summed E-state index contributed by atoms with van der Waals surface area (Å²) < 4.78 is 6.26. The second-order valence-corrected chi connectivity index (χ2v) is 9.17. The Morgan fingerprint density at radius 3 is 2.83 bits per heavy atom. The normalized spacial score (nSPS) is 28.7. The highest BCUT2D eigenvalue weighted by Gasteiger charge is 2.60. The number of hydrogen-bond acceptors (Lipinski definition) is 5. The number of carbonyl (C=O) groups is 3. The number of nitrogens with one attached hydrogen (secondary N) is 1. The zero-order valence-corrected chi connectivity index (χ0v) is 17.2. The Morgan fingerprint density at radius 2 is 2.10 bits per heavy atom. The summed E-state index contributed by atoms with van der Waals surface area (Å²) in [6, 6.07) is 4.64. The van der Waals surface area contributed by atoms with Crippen LogP contribution < -0.4 is 10.1 Å². The van der Waals surface area contributed by atoms with Crippen molar-refractivity contribution in [3.63, 3.8) is 0 Å². The van der Waals surface area contributed by atoms with E-state index in [1.54, 1.807) is 29.2 Å². The molecule has 2 saturated heterocycles. The predicted octanol–water partition coefficient (Wildman–Crippen LogP) is 1.77.